The Kier molecular flexibility index (Phi) is 6.06. The minimum Gasteiger partial charge on any atom is -0.340 e. The van der Waals surface area contributed by atoms with Gasteiger partial charge in [0, 0.05) is 39.8 Å². The number of nitrogens with zero attached hydrogens (tertiary/aromatic N) is 5. The average Bonchev–Trinajstić information content (AvgIpc) is 3.22. The van der Waals surface area contributed by atoms with Crippen molar-refractivity contribution in [2.75, 3.05) is 31.1 Å². The van der Waals surface area contributed by atoms with E-state index in [1.54, 1.807) is 7.05 Å². The Labute approximate surface area is 204 Å². The van der Waals surface area contributed by atoms with Gasteiger partial charge in [0.15, 0.2) is 11.2 Å². The molecule has 8 heteroatoms. The molecule has 182 valence electrons. The molecule has 5 rings (SSSR count). The Bertz CT molecular complexity index is 1500. The monoisotopic (exact) mass is 472 g/mol. The highest BCUT2D eigenvalue weighted by Gasteiger charge is 2.25. The highest BCUT2D eigenvalue weighted by atomic mass is 16.2. The fourth-order valence-electron chi connectivity index (χ4n) is 4.89. The Morgan fingerprint density at radius 1 is 0.886 bits per heavy atom. The third-order valence-corrected chi connectivity index (χ3v) is 7.13. The van der Waals surface area contributed by atoms with Gasteiger partial charge in [-0.3, -0.25) is 23.8 Å². The Balaban J connectivity index is 1.49. The van der Waals surface area contributed by atoms with E-state index in [4.69, 9.17) is 4.98 Å². The fourth-order valence-corrected chi connectivity index (χ4v) is 4.89. The van der Waals surface area contributed by atoms with Crippen molar-refractivity contribution in [3.05, 3.63) is 91.1 Å². The number of hydrogen-bond donors (Lipinski definition) is 1. The molecule has 0 radical (unpaired) electrons. The number of benzene rings is 2. The summed E-state index contributed by atoms with van der Waals surface area (Å²) in [6.45, 7) is 11.1. The summed E-state index contributed by atoms with van der Waals surface area (Å²) >= 11 is 0. The van der Waals surface area contributed by atoms with Gasteiger partial charge in [0.2, 0.25) is 5.95 Å². The van der Waals surface area contributed by atoms with Crippen LogP contribution in [0.3, 0.4) is 0 Å². The molecule has 1 aliphatic heterocycles. The van der Waals surface area contributed by atoms with Crippen LogP contribution in [0.15, 0.2) is 52.1 Å². The van der Waals surface area contributed by atoms with E-state index in [1.165, 1.54) is 21.3 Å². The highest BCUT2D eigenvalue weighted by Crippen LogP contribution is 2.24. The van der Waals surface area contributed by atoms with Crippen molar-refractivity contribution in [2.45, 2.75) is 33.9 Å². The van der Waals surface area contributed by atoms with Crippen LogP contribution in [-0.2, 0) is 20.1 Å². The maximum absolute atomic E-state index is 12.9. The zero-order valence-electron chi connectivity index (χ0n) is 20.8. The minimum absolute atomic E-state index is 0.398. The molecule has 0 amide bonds. The first kappa shape index (κ1) is 23.1. The lowest BCUT2D eigenvalue weighted by Crippen LogP contribution is -2.47. The van der Waals surface area contributed by atoms with Crippen molar-refractivity contribution in [3.63, 3.8) is 0 Å². The van der Waals surface area contributed by atoms with Gasteiger partial charge in [-0.25, -0.2) is 4.79 Å². The molecule has 1 fully saturated rings. The molecule has 0 saturated carbocycles. The molecule has 4 aromatic rings. The maximum Gasteiger partial charge on any atom is 0.329 e. The number of aryl methyl sites for hydroxylation is 4. The second kappa shape index (κ2) is 9.19. The molecule has 0 bridgehead atoms. The second-order valence-electron chi connectivity index (χ2n) is 9.61. The normalized spacial score (nSPS) is 14.7. The topological polar surface area (TPSA) is 79.2 Å². The van der Waals surface area contributed by atoms with E-state index >= 15 is 0 Å². The van der Waals surface area contributed by atoms with Crippen LogP contribution < -0.4 is 16.1 Å². The quantitative estimate of drug-likeness (QED) is 0.483. The molecule has 3 heterocycles. The van der Waals surface area contributed by atoms with Crippen LogP contribution in [0.2, 0.25) is 0 Å². The third kappa shape index (κ3) is 4.41. The zero-order valence-corrected chi connectivity index (χ0v) is 20.8. The Morgan fingerprint density at radius 3 is 2.34 bits per heavy atom. The first-order valence-corrected chi connectivity index (χ1v) is 12.1. The zero-order chi connectivity index (χ0) is 24.7. The van der Waals surface area contributed by atoms with Crippen LogP contribution in [0.1, 0.15) is 27.8 Å². The van der Waals surface area contributed by atoms with Crippen LogP contribution in [0.5, 0.6) is 0 Å². The number of anilines is 1. The van der Waals surface area contributed by atoms with E-state index in [1.807, 2.05) is 4.57 Å². The van der Waals surface area contributed by atoms with Gasteiger partial charge in [-0.2, -0.15) is 4.98 Å². The van der Waals surface area contributed by atoms with E-state index in [2.05, 4.69) is 78.0 Å². The van der Waals surface area contributed by atoms with Crippen molar-refractivity contribution in [3.8, 4) is 0 Å². The van der Waals surface area contributed by atoms with Gasteiger partial charge in [0.25, 0.3) is 5.56 Å². The SMILES string of the molecule is Cc1ccc(C)c(Cn2c(N3CCN(Cc4ccccc4C)CC3)nc3c2c(=O)[nH]c(=O)n3C)c1. The molecule has 1 saturated heterocycles. The van der Waals surface area contributed by atoms with Gasteiger partial charge < -0.3 is 4.90 Å². The second-order valence-corrected chi connectivity index (χ2v) is 9.61. The average molecular weight is 473 g/mol. The van der Waals surface area contributed by atoms with Crippen molar-refractivity contribution < 1.29 is 0 Å². The standard InChI is InChI=1S/C27H32N6O2/c1-18-9-10-20(3)22(15-18)17-33-23-24(30(4)27(35)29-25(23)34)28-26(33)32-13-11-31(12-14-32)16-21-8-6-5-7-19(21)2/h5-10,15H,11-14,16-17H2,1-4H3,(H,29,34,35). The van der Waals surface area contributed by atoms with Gasteiger partial charge in [-0.1, -0.05) is 48.0 Å². The summed E-state index contributed by atoms with van der Waals surface area (Å²) in [5.41, 5.74) is 6.13. The highest BCUT2D eigenvalue weighted by molar-refractivity contribution is 5.74. The molecule has 1 aliphatic rings. The Morgan fingerprint density at radius 2 is 1.60 bits per heavy atom. The number of imidazole rings is 1. The predicted octanol–water partition coefficient (Wildman–Crippen LogP) is 2.72. The summed E-state index contributed by atoms with van der Waals surface area (Å²) in [5.74, 6) is 0.739. The fraction of sp³-hybridized carbons (Fsp3) is 0.370. The molecular weight excluding hydrogens is 440 g/mol. The van der Waals surface area contributed by atoms with Crippen LogP contribution in [0.4, 0.5) is 5.95 Å². The number of fused-ring (bicyclic) bond motifs is 1. The number of nitrogens with one attached hydrogen (secondary N) is 1. The third-order valence-electron chi connectivity index (χ3n) is 7.13. The minimum atomic E-state index is -0.450. The maximum atomic E-state index is 12.9. The summed E-state index contributed by atoms with van der Waals surface area (Å²) in [4.78, 5) is 37.2. The van der Waals surface area contributed by atoms with Crippen molar-refractivity contribution in [2.24, 2.45) is 7.05 Å². The first-order valence-electron chi connectivity index (χ1n) is 12.1. The van der Waals surface area contributed by atoms with Crippen molar-refractivity contribution >= 4 is 17.1 Å². The number of aromatic amines is 1. The molecular formula is C27H32N6O2. The molecule has 0 atom stereocenters. The largest absolute Gasteiger partial charge is 0.340 e. The summed E-state index contributed by atoms with van der Waals surface area (Å²) < 4.78 is 3.40. The van der Waals surface area contributed by atoms with Crippen molar-refractivity contribution in [1.82, 2.24) is 24.0 Å². The number of rotatable bonds is 5. The number of H-pyrrole nitrogens is 1. The van der Waals surface area contributed by atoms with Crippen LogP contribution in [-0.4, -0.2) is 50.2 Å². The van der Waals surface area contributed by atoms with E-state index in [0.29, 0.717) is 17.7 Å². The van der Waals surface area contributed by atoms with Crippen LogP contribution >= 0.6 is 0 Å². The molecule has 8 nitrogen and oxygen atoms in total. The lowest BCUT2D eigenvalue weighted by molar-refractivity contribution is 0.248. The van der Waals surface area contributed by atoms with Crippen molar-refractivity contribution in [1.29, 1.82) is 0 Å². The summed E-state index contributed by atoms with van der Waals surface area (Å²) in [6, 6.07) is 14.9. The lowest BCUT2D eigenvalue weighted by Gasteiger charge is -2.35. The first-order chi connectivity index (χ1) is 16.8. The van der Waals surface area contributed by atoms with Gasteiger partial charge in [0.05, 0.1) is 6.54 Å². The van der Waals surface area contributed by atoms with Gasteiger partial charge in [-0.05, 0) is 43.0 Å². The molecule has 2 aromatic heterocycles. The predicted molar refractivity (Wildman–Crippen MR) is 139 cm³/mol. The Hall–Kier alpha value is -3.65. The van der Waals surface area contributed by atoms with E-state index in [-0.39, 0.29) is 0 Å². The van der Waals surface area contributed by atoms with E-state index in [9.17, 15) is 9.59 Å². The number of aromatic nitrogens is 4. The smallest absolute Gasteiger partial charge is 0.329 e. The molecule has 0 unspecified atom stereocenters. The number of piperazine rings is 1. The van der Waals surface area contributed by atoms with Gasteiger partial charge >= 0.3 is 5.69 Å². The summed E-state index contributed by atoms with van der Waals surface area (Å²) in [5, 5.41) is 0. The summed E-state index contributed by atoms with van der Waals surface area (Å²) in [7, 11) is 1.65. The number of hydrogen-bond acceptors (Lipinski definition) is 5. The molecule has 35 heavy (non-hydrogen) atoms. The molecule has 1 N–H and O–H groups in total. The lowest BCUT2D eigenvalue weighted by atomic mass is 10.1. The van der Waals surface area contributed by atoms with E-state index < -0.39 is 11.2 Å². The molecule has 2 aromatic carbocycles. The molecule has 0 aliphatic carbocycles. The molecule has 0 spiro atoms. The van der Waals surface area contributed by atoms with Gasteiger partial charge in [-0.15, -0.1) is 0 Å². The van der Waals surface area contributed by atoms with E-state index in [0.717, 1.165) is 49.8 Å². The van der Waals surface area contributed by atoms with Crippen LogP contribution in [0, 0.1) is 20.8 Å². The summed E-state index contributed by atoms with van der Waals surface area (Å²) in [6.07, 6.45) is 0. The van der Waals surface area contributed by atoms with Crippen LogP contribution in [0.25, 0.3) is 11.2 Å². The van der Waals surface area contributed by atoms with Gasteiger partial charge in [0.1, 0.15) is 0 Å².